The standard InChI is InChI=1S/C16H13FN2O.C16H11FN2O/c2*1-10(20)16-13(15-4-2-3-7-18-15)9-11-8-12(17)5-6-14(11)19-16/h2-10,20H,1H3;2-9H,1H3. The Balaban J connectivity index is 0.000000161. The summed E-state index contributed by atoms with van der Waals surface area (Å²) >= 11 is 0. The summed E-state index contributed by atoms with van der Waals surface area (Å²) < 4.78 is 26.7. The van der Waals surface area contributed by atoms with Gasteiger partial charge in [0.15, 0.2) is 5.78 Å². The minimum absolute atomic E-state index is 0.142. The van der Waals surface area contributed by atoms with E-state index in [-0.39, 0.29) is 17.4 Å². The SMILES string of the molecule is CC(=O)c1nc2ccc(F)cc2cc1-c1ccccn1.CC(O)c1nc2ccc(F)cc2cc1-c1ccccn1. The van der Waals surface area contributed by atoms with Gasteiger partial charge in [-0.1, -0.05) is 12.1 Å². The number of aliphatic hydroxyl groups is 1. The van der Waals surface area contributed by atoms with Crippen molar-refractivity contribution >= 4 is 27.6 Å². The number of halogens is 2. The lowest BCUT2D eigenvalue weighted by Gasteiger charge is -2.12. The number of Topliss-reactive ketones (excluding diaryl/α,β-unsaturated/α-hetero) is 1. The van der Waals surface area contributed by atoms with Crippen LogP contribution in [0.1, 0.15) is 36.1 Å². The van der Waals surface area contributed by atoms with E-state index in [1.165, 1.54) is 31.2 Å². The van der Waals surface area contributed by atoms with E-state index in [2.05, 4.69) is 19.9 Å². The minimum Gasteiger partial charge on any atom is -0.387 e. The highest BCUT2D eigenvalue weighted by atomic mass is 19.1. The number of carbonyl (C=O) groups excluding carboxylic acids is 1. The van der Waals surface area contributed by atoms with Gasteiger partial charge in [-0.05, 0) is 79.7 Å². The average molecular weight is 535 g/mol. The molecule has 8 heteroatoms. The van der Waals surface area contributed by atoms with Crippen LogP contribution in [-0.2, 0) is 0 Å². The third-order valence-corrected chi connectivity index (χ3v) is 6.19. The lowest BCUT2D eigenvalue weighted by Crippen LogP contribution is -2.02. The van der Waals surface area contributed by atoms with Crippen molar-refractivity contribution in [1.29, 1.82) is 0 Å². The fourth-order valence-electron chi connectivity index (χ4n) is 4.34. The molecule has 0 saturated carbocycles. The molecule has 4 aromatic heterocycles. The molecule has 1 atom stereocenters. The first-order valence-corrected chi connectivity index (χ1v) is 12.5. The van der Waals surface area contributed by atoms with Gasteiger partial charge in [0.05, 0.1) is 34.2 Å². The number of carbonyl (C=O) groups is 1. The van der Waals surface area contributed by atoms with E-state index < -0.39 is 6.10 Å². The van der Waals surface area contributed by atoms with Crippen LogP contribution in [0.2, 0.25) is 0 Å². The molecule has 2 aromatic carbocycles. The second-order valence-corrected chi connectivity index (χ2v) is 9.14. The van der Waals surface area contributed by atoms with Crippen LogP contribution in [0.15, 0.2) is 97.3 Å². The van der Waals surface area contributed by atoms with Crippen LogP contribution in [0, 0.1) is 11.6 Å². The second-order valence-electron chi connectivity index (χ2n) is 9.14. The maximum atomic E-state index is 13.3. The summed E-state index contributed by atoms with van der Waals surface area (Å²) in [5.41, 5.74) is 4.84. The number of fused-ring (bicyclic) bond motifs is 2. The zero-order valence-corrected chi connectivity index (χ0v) is 21.7. The molecule has 0 saturated heterocycles. The van der Waals surface area contributed by atoms with Gasteiger partial charge in [-0.2, -0.15) is 0 Å². The number of ketones is 1. The number of hydrogen-bond acceptors (Lipinski definition) is 6. The molecule has 0 aliphatic heterocycles. The Hall–Kier alpha value is -4.95. The first-order valence-electron chi connectivity index (χ1n) is 12.5. The Morgan fingerprint density at radius 1 is 0.725 bits per heavy atom. The van der Waals surface area contributed by atoms with E-state index in [0.29, 0.717) is 50.1 Å². The maximum Gasteiger partial charge on any atom is 0.178 e. The van der Waals surface area contributed by atoms with Crippen molar-refractivity contribution in [3.05, 3.63) is 120 Å². The Bertz CT molecular complexity index is 1830. The number of aromatic nitrogens is 4. The molecule has 0 aliphatic rings. The van der Waals surface area contributed by atoms with Crippen LogP contribution in [0.25, 0.3) is 44.3 Å². The van der Waals surface area contributed by atoms with Crippen molar-refractivity contribution in [2.75, 3.05) is 0 Å². The van der Waals surface area contributed by atoms with Gasteiger partial charge in [-0.25, -0.2) is 18.7 Å². The van der Waals surface area contributed by atoms with E-state index in [1.54, 1.807) is 49.6 Å². The fourth-order valence-corrected chi connectivity index (χ4v) is 4.34. The van der Waals surface area contributed by atoms with Crippen molar-refractivity contribution in [2.24, 2.45) is 0 Å². The fraction of sp³-hybridized carbons (Fsp3) is 0.0938. The molecule has 0 bridgehead atoms. The van der Waals surface area contributed by atoms with Crippen molar-refractivity contribution in [2.45, 2.75) is 20.0 Å². The topological polar surface area (TPSA) is 88.9 Å². The Morgan fingerprint density at radius 2 is 1.25 bits per heavy atom. The average Bonchev–Trinajstić information content (AvgIpc) is 2.97. The van der Waals surface area contributed by atoms with Gasteiger partial charge >= 0.3 is 0 Å². The molecular weight excluding hydrogens is 510 g/mol. The van der Waals surface area contributed by atoms with Crippen LogP contribution in [0.4, 0.5) is 8.78 Å². The molecule has 0 amide bonds. The monoisotopic (exact) mass is 534 g/mol. The van der Waals surface area contributed by atoms with Crippen LogP contribution in [0.3, 0.4) is 0 Å². The highest BCUT2D eigenvalue weighted by molar-refractivity contribution is 6.01. The van der Waals surface area contributed by atoms with E-state index in [0.717, 1.165) is 5.56 Å². The first kappa shape index (κ1) is 26.6. The van der Waals surface area contributed by atoms with Gasteiger partial charge in [0.2, 0.25) is 0 Å². The Morgan fingerprint density at radius 3 is 1.75 bits per heavy atom. The molecule has 40 heavy (non-hydrogen) atoms. The Kier molecular flexibility index (Phi) is 7.61. The smallest absolute Gasteiger partial charge is 0.178 e. The van der Waals surface area contributed by atoms with Gasteiger partial charge in [-0.3, -0.25) is 14.8 Å². The van der Waals surface area contributed by atoms with Crippen molar-refractivity contribution in [3.63, 3.8) is 0 Å². The highest BCUT2D eigenvalue weighted by Gasteiger charge is 2.15. The number of rotatable bonds is 4. The summed E-state index contributed by atoms with van der Waals surface area (Å²) in [7, 11) is 0. The molecule has 0 aliphatic carbocycles. The predicted molar refractivity (Wildman–Crippen MR) is 151 cm³/mol. The zero-order chi connectivity index (χ0) is 28.2. The second kappa shape index (κ2) is 11.4. The lowest BCUT2D eigenvalue weighted by molar-refractivity contribution is 0.101. The number of benzene rings is 2. The Labute approximate surface area is 229 Å². The minimum atomic E-state index is -0.721. The van der Waals surface area contributed by atoms with E-state index in [9.17, 15) is 18.7 Å². The molecule has 0 fully saturated rings. The maximum absolute atomic E-state index is 13.3. The number of pyridine rings is 4. The third kappa shape index (κ3) is 5.72. The summed E-state index contributed by atoms with van der Waals surface area (Å²) in [4.78, 5) is 29.1. The molecular formula is C32H24F2N4O2. The van der Waals surface area contributed by atoms with Crippen molar-refractivity contribution < 1.29 is 18.7 Å². The first-order chi connectivity index (χ1) is 19.3. The summed E-state index contributed by atoms with van der Waals surface area (Å²) in [5, 5.41) is 11.3. The van der Waals surface area contributed by atoms with E-state index >= 15 is 0 Å². The number of nitrogens with zero attached hydrogens (tertiary/aromatic N) is 4. The number of hydrogen-bond donors (Lipinski definition) is 1. The summed E-state index contributed by atoms with van der Waals surface area (Å²) in [6.45, 7) is 3.12. The molecule has 0 spiro atoms. The van der Waals surface area contributed by atoms with Crippen LogP contribution < -0.4 is 0 Å². The number of aliphatic hydroxyl groups excluding tert-OH is 1. The summed E-state index contributed by atoms with van der Waals surface area (Å²) in [6, 6.07) is 23.2. The van der Waals surface area contributed by atoms with Crippen LogP contribution in [0.5, 0.6) is 0 Å². The van der Waals surface area contributed by atoms with Gasteiger partial charge in [0.25, 0.3) is 0 Å². The quantitative estimate of drug-likeness (QED) is 0.242. The lowest BCUT2D eigenvalue weighted by atomic mass is 10.0. The molecule has 4 heterocycles. The molecule has 1 N–H and O–H groups in total. The van der Waals surface area contributed by atoms with Crippen molar-refractivity contribution in [1.82, 2.24) is 19.9 Å². The van der Waals surface area contributed by atoms with Gasteiger partial charge in [0.1, 0.15) is 17.3 Å². The van der Waals surface area contributed by atoms with Gasteiger partial charge in [0, 0.05) is 41.2 Å². The molecule has 1 unspecified atom stereocenters. The molecule has 6 nitrogen and oxygen atoms in total. The molecule has 198 valence electrons. The van der Waals surface area contributed by atoms with Crippen LogP contribution >= 0.6 is 0 Å². The van der Waals surface area contributed by atoms with Gasteiger partial charge < -0.3 is 5.11 Å². The predicted octanol–water partition coefficient (Wildman–Crippen LogP) is 7.13. The van der Waals surface area contributed by atoms with Gasteiger partial charge in [-0.15, -0.1) is 0 Å². The molecule has 0 radical (unpaired) electrons. The zero-order valence-electron chi connectivity index (χ0n) is 21.7. The molecule has 6 rings (SSSR count). The van der Waals surface area contributed by atoms with E-state index in [1.807, 2.05) is 30.3 Å². The highest BCUT2D eigenvalue weighted by Crippen LogP contribution is 2.29. The van der Waals surface area contributed by atoms with Crippen molar-refractivity contribution in [3.8, 4) is 22.5 Å². The van der Waals surface area contributed by atoms with Crippen LogP contribution in [-0.4, -0.2) is 30.8 Å². The van der Waals surface area contributed by atoms with E-state index in [4.69, 9.17) is 0 Å². The largest absolute Gasteiger partial charge is 0.387 e. The molecule has 6 aromatic rings. The summed E-state index contributed by atoms with van der Waals surface area (Å²) in [6.07, 6.45) is 2.60. The summed E-state index contributed by atoms with van der Waals surface area (Å²) in [5.74, 6) is -0.783. The third-order valence-electron chi connectivity index (χ3n) is 6.19. The normalized spacial score (nSPS) is 11.6.